The topological polar surface area (TPSA) is 95.5 Å². The Balaban J connectivity index is 2.66. The van der Waals surface area contributed by atoms with Gasteiger partial charge in [0.25, 0.3) is 0 Å². The summed E-state index contributed by atoms with van der Waals surface area (Å²) in [7, 11) is 0. The lowest BCUT2D eigenvalue weighted by molar-refractivity contribution is -0.144. The lowest BCUT2D eigenvalue weighted by atomic mass is 10.1. The molecule has 0 aliphatic rings. The van der Waals surface area contributed by atoms with Crippen molar-refractivity contribution in [1.29, 1.82) is 0 Å². The van der Waals surface area contributed by atoms with Gasteiger partial charge in [-0.1, -0.05) is 0 Å². The Bertz CT molecular complexity index is 467. The third kappa shape index (κ3) is 3.89. The van der Waals surface area contributed by atoms with Crippen LogP contribution in [0, 0.1) is 5.92 Å². The van der Waals surface area contributed by atoms with Crippen LogP contribution < -0.4 is 10.6 Å². The van der Waals surface area contributed by atoms with E-state index in [0.29, 0.717) is 11.4 Å². The van der Waals surface area contributed by atoms with Crippen molar-refractivity contribution in [1.82, 2.24) is 0 Å². The molecule has 1 unspecified atom stereocenters. The quantitative estimate of drug-likeness (QED) is 0.702. The fourth-order valence-corrected chi connectivity index (χ4v) is 1.20. The highest BCUT2D eigenvalue weighted by Crippen LogP contribution is 2.14. The molecule has 0 saturated carbocycles. The van der Waals surface area contributed by atoms with Gasteiger partial charge in [0.1, 0.15) is 5.92 Å². The minimum Gasteiger partial charge on any atom is -0.481 e. The van der Waals surface area contributed by atoms with Crippen molar-refractivity contribution in [2.45, 2.75) is 13.8 Å². The highest BCUT2D eigenvalue weighted by Gasteiger charge is 2.20. The highest BCUT2D eigenvalue weighted by atomic mass is 16.4. The van der Waals surface area contributed by atoms with E-state index in [1.165, 1.54) is 13.8 Å². The van der Waals surface area contributed by atoms with Crippen molar-refractivity contribution in [2.75, 3.05) is 10.6 Å². The van der Waals surface area contributed by atoms with E-state index < -0.39 is 17.8 Å². The highest BCUT2D eigenvalue weighted by molar-refractivity contribution is 6.03. The van der Waals surface area contributed by atoms with Gasteiger partial charge in [-0.2, -0.15) is 0 Å². The Morgan fingerprint density at radius 3 is 1.89 bits per heavy atom. The van der Waals surface area contributed by atoms with E-state index >= 15 is 0 Å². The second-order valence-electron chi connectivity index (χ2n) is 3.81. The maximum absolute atomic E-state index is 11.5. The second kappa shape index (κ2) is 5.81. The van der Waals surface area contributed by atoms with Gasteiger partial charge in [0.15, 0.2) is 0 Å². The number of carboxylic acids is 1. The molecule has 0 spiro atoms. The van der Waals surface area contributed by atoms with Crippen molar-refractivity contribution < 1.29 is 19.5 Å². The van der Waals surface area contributed by atoms with Crippen LogP contribution in [0.2, 0.25) is 0 Å². The number of amides is 2. The molecule has 1 rings (SSSR count). The number of nitrogens with one attached hydrogen (secondary N) is 2. The molecule has 6 nitrogen and oxygen atoms in total. The molecule has 1 atom stereocenters. The van der Waals surface area contributed by atoms with Gasteiger partial charge < -0.3 is 15.7 Å². The molecule has 0 fully saturated rings. The predicted octanol–water partition coefficient (Wildman–Crippen LogP) is 1.30. The van der Waals surface area contributed by atoms with Gasteiger partial charge in [0, 0.05) is 18.3 Å². The molecule has 0 aliphatic heterocycles. The average Bonchev–Trinajstić information content (AvgIpc) is 2.29. The summed E-state index contributed by atoms with van der Waals surface area (Å²) in [5, 5.41) is 13.7. The lowest BCUT2D eigenvalue weighted by Crippen LogP contribution is -2.26. The van der Waals surface area contributed by atoms with Crippen LogP contribution in [0.5, 0.6) is 0 Å². The SMILES string of the molecule is CC(=O)Nc1ccc(NC(=O)C(C)C(=O)O)cc1. The molecule has 0 saturated heterocycles. The molecule has 0 bridgehead atoms. The van der Waals surface area contributed by atoms with Gasteiger partial charge in [-0.25, -0.2) is 0 Å². The Labute approximate surface area is 104 Å². The van der Waals surface area contributed by atoms with Crippen LogP contribution in [0.15, 0.2) is 24.3 Å². The summed E-state index contributed by atoms with van der Waals surface area (Å²) in [5.74, 6) is -3.07. The zero-order valence-corrected chi connectivity index (χ0v) is 10.1. The van der Waals surface area contributed by atoms with Crippen LogP contribution in [0.25, 0.3) is 0 Å². The molecule has 18 heavy (non-hydrogen) atoms. The van der Waals surface area contributed by atoms with Crippen LogP contribution in [0.3, 0.4) is 0 Å². The molecule has 0 aromatic heterocycles. The smallest absolute Gasteiger partial charge is 0.315 e. The molecular weight excluding hydrogens is 236 g/mol. The summed E-state index contributed by atoms with van der Waals surface area (Å²) >= 11 is 0. The molecular formula is C12H14N2O4. The van der Waals surface area contributed by atoms with Crippen LogP contribution in [0.1, 0.15) is 13.8 Å². The molecule has 1 aromatic rings. The van der Waals surface area contributed by atoms with Gasteiger partial charge in [-0.05, 0) is 31.2 Å². The van der Waals surface area contributed by atoms with Gasteiger partial charge in [0.05, 0.1) is 0 Å². The predicted molar refractivity (Wildman–Crippen MR) is 66.2 cm³/mol. The number of hydrogen-bond donors (Lipinski definition) is 3. The normalized spacial score (nSPS) is 11.4. The Morgan fingerprint density at radius 1 is 1.06 bits per heavy atom. The summed E-state index contributed by atoms with van der Waals surface area (Å²) in [6, 6.07) is 6.39. The van der Waals surface area contributed by atoms with Crippen LogP contribution in [0.4, 0.5) is 11.4 Å². The fraction of sp³-hybridized carbons (Fsp3) is 0.250. The van der Waals surface area contributed by atoms with E-state index in [1.54, 1.807) is 24.3 Å². The van der Waals surface area contributed by atoms with Gasteiger partial charge in [-0.15, -0.1) is 0 Å². The number of benzene rings is 1. The minimum absolute atomic E-state index is 0.189. The Hall–Kier alpha value is -2.37. The van der Waals surface area contributed by atoms with Crippen molar-refractivity contribution >= 4 is 29.2 Å². The summed E-state index contributed by atoms with van der Waals surface area (Å²) in [5.41, 5.74) is 1.08. The summed E-state index contributed by atoms with van der Waals surface area (Å²) in [6.45, 7) is 2.70. The number of carboxylic acid groups (broad SMARTS) is 1. The summed E-state index contributed by atoms with van der Waals surface area (Å²) in [6.07, 6.45) is 0. The Morgan fingerprint density at radius 2 is 1.50 bits per heavy atom. The van der Waals surface area contributed by atoms with E-state index in [1.807, 2.05) is 0 Å². The largest absolute Gasteiger partial charge is 0.481 e. The van der Waals surface area contributed by atoms with E-state index in [0.717, 1.165) is 0 Å². The first-order valence-electron chi connectivity index (χ1n) is 5.31. The number of carbonyl (C=O) groups excluding carboxylic acids is 2. The van der Waals surface area contributed by atoms with Crippen molar-refractivity contribution in [3.8, 4) is 0 Å². The molecule has 0 aliphatic carbocycles. The van der Waals surface area contributed by atoms with Crippen molar-refractivity contribution in [3.63, 3.8) is 0 Å². The van der Waals surface area contributed by atoms with Crippen LogP contribution in [-0.4, -0.2) is 22.9 Å². The zero-order valence-electron chi connectivity index (χ0n) is 10.1. The van der Waals surface area contributed by atoms with Crippen molar-refractivity contribution in [3.05, 3.63) is 24.3 Å². The second-order valence-corrected chi connectivity index (χ2v) is 3.81. The fourth-order valence-electron chi connectivity index (χ4n) is 1.20. The number of anilines is 2. The first-order valence-corrected chi connectivity index (χ1v) is 5.31. The number of hydrogen-bond acceptors (Lipinski definition) is 3. The van der Waals surface area contributed by atoms with E-state index in [9.17, 15) is 14.4 Å². The molecule has 96 valence electrons. The van der Waals surface area contributed by atoms with E-state index in [-0.39, 0.29) is 5.91 Å². The van der Waals surface area contributed by atoms with Gasteiger partial charge in [0.2, 0.25) is 11.8 Å². The third-order valence-electron chi connectivity index (χ3n) is 2.24. The monoisotopic (exact) mass is 250 g/mol. The lowest BCUT2D eigenvalue weighted by Gasteiger charge is -2.09. The maximum Gasteiger partial charge on any atom is 0.315 e. The molecule has 6 heteroatoms. The zero-order chi connectivity index (χ0) is 13.7. The summed E-state index contributed by atoms with van der Waals surface area (Å²) < 4.78 is 0. The third-order valence-corrected chi connectivity index (χ3v) is 2.24. The number of carbonyl (C=O) groups is 3. The first-order chi connectivity index (χ1) is 8.40. The number of aliphatic carboxylic acids is 1. The van der Waals surface area contributed by atoms with Crippen LogP contribution in [-0.2, 0) is 14.4 Å². The average molecular weight is 250 g/mol. The van der Waals surface area contributed by atoms with Crippen molar-refractivity contribution in [2.24, 2.45) is 5.92 Å². The molecule has 0 radical (unpaired) electrons. The van der Waals surface area contributed by atoms with Gasteiger partial charge >= 0.3 is 5.97 Å². The van der Waals surface area contributed by atoms with E-state index in [2.05, 4.69) is 10.6 Å². The molecule has 0 heterocycles. The minimum atomic E-state index is -1.18. The van der Waals surface area contributed by atoms with Crippen LogP contribution >= 0.6 is 0 Å². The number of rotatable bonds is 4. The van der Waals surface area contributed by atoms with Gasteiger partial charge in [-0.3, -0.25) is 14.4 Å². The Kier molecular flexibility index (Phi) is 4.42. The van der Waals surface area contributed by atoms with E-state index in [4.69, 9.17) is 5.11 Å². The molecule has 1 aromatic carbocycles. The first kappa shape index (κ1) is 13.7. The standard InChI is InChI=1S/C12H14N2O4/c1-7(12(17)18)11(16)14-10-5-3-9(4-6-10)13-8(2)15/h3-7H,1-2H3,(H,13,15)(H,14,16)(H,17,18). The summed E-state index contributed by atoms with van der Waals surface area (Å²) in [4.78, 5) is 32.8. The molecule has 2 amide bonds. The maximum atomic E-state index is 11.5. The molecule has 3 N–H and O–H groups in total.